The van der Waals surface area contributed by atoms with E-state index < -0.39 is 0 Å². The van der Waals surface area contributed by atoms with Crippen molar-refractivity contribution in [3.8, 4) is 17.6 Å². The van der Waals surface area contributed by atoms with Crippen LogP contribution in [0.15, 0.2) is 12.1 Å². The third kappa shape index (κ3) is 3.54. The Kier molecular flexibility index (Phi) is 5.66. The molecule has 0 aliphatic rings. The number of nitrogens with zero attached hydrogens (tertiary/aromatic N) is 2. The van der Waals surface area contributed by atoms with Crippen molar-refractivity contribution in [2.75, 3.05) is 32.5 Å². The van der Waals surface area contributed by atoms with Gasteiger partial charge in [-0.1, -0.05) is 0 Å². The van der Waals surface area contributed by atoms with Crippen molar-refractivity contribution >= 4 is 11.6 Å². The molecule has 0 atom stereocenters. The van der Waals surface area contributed by atoms with Gasteiger partial charge in [0, 0.05) is 19.2 Å². The number of nitriles is 1. The average molecular weight is 277 g/mol. The Morgan fingerprint density at radius 3 is 2.55 bits per heavy atom. The number of nitrogen functional groups attached to an aromatic ring is 1. The topological polar surface area (TPSA) is 88.6 Å². The number of anilines is 1. The molecule has 2 N–H and O–H groups in total. The van der Waals surface area contributed by atoms with E-state index in [4.69, 9.17) is 20.5 Å². The number of carbonyl (C=O) groups is 1. The van der Waals surface area contributed by atoms with Gasteiger partial charge in [0.25, 0.3) is 5.91 Å². The van der Waals surface area contributed by atoms with E-state index in [0.29, 0.717) is 24.4 Å². The smallest absolute Gasteiger partial charge is 0.260 e. The summed E-state index contributed by atoms with van der Waals surface area (Å²) in [6.45, 7) is 4.93. The number of amides is 1. The summed E-state index contributed by atoms with van der Waals surface area (Å²) >= 11 is 0. The first-order valence-corrected chi connectivity index (χ1v) is 6.35. The predicted molar refractivity (Wildman–Crippen MR) is 75.5 cm³/mol. The molecular formula is C14H19N3O3. The van der Waals surface area contributed by atoms with Gasteiger partial charge < -0.3 is 20.1 Å². The Morgan fingerprint density at radius 1 is 1.40 bits per heavy atom. The van der Waals surface area contributed by atoms with Gasteiger partial charge >= 0.3 is 0 Å². The Morgan fingerprint density at radius 2 is 2.05 bits per heavy atom. The molecule has 0 radical (unpaired) electrons. The van der Waals surface area contributed by atoms with Crippen molar-refractivity contribution < 1.29 is 14.3 Å². The molecule has 0 saturated carbocycles. The fourth-order valence-corrected chi connectivity index (χ4v) is 1.80. The van der Waals surface area contributed by atoms with E-state index in [1.54, 1.807) is 4.90 Å². The molecule has 20 heavy (non-hydrogen) atoms. The van der Waals surface area contributed by atoms with Crippen LogP contribution in [0.1, 0.15) is 19.4 Å². The van der Waals surface area contributed by atoms with E-state index in [1.165, 1.54) is 19.2 Å². The Bertz CT molecular complexity index is 519. The number of carbonyl (C=O) groups excluding carboxylic acids is 1. The number of benzene rings is 1. The first kappa shape index (κ1) is 15.6. The largest absolute Gasteiger partial charge is 0.493 e. The maximum Gasteiger partial charge on any atom is 0.260 e. The SMILES string of the molecule is CCN(CC)C(=O)COc1c(N)cc(C#N)cc1OC. The third-order valence-corrected chi connectivity index (χ3v) is 2.89. The lowest BCUT2D eigenvalue weighted by molar-refractivity contribution is -0.132. The number of hydrogen-bond acceptors (Lipinski definition) is 5. The lowest BCUT2D eigenvalue weighted by Crippen LogP contribution is -2.34. The molecule has 0 fully saturated rings. The molecule has 6 heteroatoms. The Labute approximate surface area is 118 Å². The van der Waals surface area contributed by atoms with Gasteiger partial charge in [0.05, 0.1) is 24.4 Å². The summed E-state index contributed by atoms with van der Waals surface area (Å²) in [4.78, 5) is 13.5. The standard InChI is InChI=1S/C14H19N3O3/c1-4-17(5-2)13(18)9-20-14-11(16)6-10(8-15)7-12(14)19-3/h6-7H,4-5,9,16H2,1-3H3. The average Bonchev–Trinajstić information content (AvgIpc) is 2.46. The fraction of sp³-hybridized carbons (Fsp3) is 0.429. The number of ether oxygens (including phenoxy) is 2. The van der Waals surface area contributed by atoms with Crippen LogP contribution in [0.2, 0.25) is 0 Å². The monoisotopic (exact) mass is 277 g/mol. The van der Waals surface area contributed by atoms with E-state index in [0.717, 1.165) is 0 Å². The molecule has 1 rings (SSSR count). The van der Waals surface area contributed by atoms with E-state index in [9.17, 15) is 4.79 Å². The van der Waals surface area contributed by atoms with Gasteiger partial charge in [0.2, 0.25) is 0 Å². The highest BCUT2D eigenvalue weighted by Crippen LogP contribution is 2.34. The Balaban J connectivity index is 2.88. The van der Waals surface area contributed by atoms with Crippen LogP contribution < -0.4 is 15.2 Å². The zero-order valence-electron chi connectivity index (χ0n) is 12.0. The molecular weight excluding hydrogens is 258 g/mol. The van der Waals surface area contributed by atoms with E-state index in [1.807, 2.05) is 19.9 Å². The van der Waals surface area contributed by atoms with Gasteiger partial charge in [-0.3, -0.25) is 4.79 Å². The normalized spacial score (nSPS) is 9.70. The van der Waals surface area contributed by atoms with Crippen molar-refractivity contribution in [2.24, 2.45) is 0 Å². The summed E-state index contributed by atoms with van der Waals surface area (Å²) in [5.74, 6) is 0.502. The number of methoxy groups -OCH3 is 1. The summed E-state index contributed by atoms with van der Waals surface area (Å²) in [5.41, 5.74) is 6.47. The van der Waals surface area contributed by atoms with Gasteiger partial charge in [-0.05, 0) is 19.9 Å². The molecule has 6 nitrogen and oxygen atoms in total. The molecule has 108 valence electrons. The minimum atomic E-state index is -0.124. The minimum absolute atomic E-state index is 0.117. The van der Waals surface area contributed by atoms with E-state index in [2.05, 4.69) is 0 Å². The van der Waals surface area contributed by atoms with Crippen molar-refractivity contribution in [1.29, 1.82) is 5.26 Å². The molecule has 1 aromatic carbocycles. The zero-order valence-corrected chi connectivity index (χ0v) is 12.0. The van der Waals surface area contributed by atoms with Gasteiger partial charge in [-0.2, -0.15) is 5.26 Å². The predicted octanol–water partition coefficient (Wildman–Crippen LogP) is 1.40. The first-order valence-electron chi connectivity index (χ1n) is 6.35. The van der Waals surface area contributed by atoms with Crippen LogP contribution in [0.5, 0.6) is 11.5 Å². The maximum absolute atomic E-state index is 11.9. The lowest BCUT2D eigenvalue weighted by Gasteiger charge is -2.19. The molecule has 0 saturated heterocycles. The third-order valence-electron chi connectivity index (χ3n) is 2.89. The molecule has 0 aromatic heterocycles. The highest BCUT2D eigenvalue weighted by atomic mass is 16.5. The van der Waals surface area contributed by atoms with Gasteiger partial charge in [-0.25, -0.2) is 0 Å². The van der Waals surface area contributed by atoms with Gasteiger partial charge in [-0.15, -0.1) is 0 Å². The molecule has 0 unspecified atom stereocenters. The first-order chi connectivity index (χ1) is 9.57. The second kappa shape index (κ2) is 7.24. The minimum Gasteiger partial charge on any atom is -0.493 e. The molecule has 1 aromatic rings. The van der Waals surface area contributed by atoms with Crippen molar-refractivity contribution in [3.63, 3.8) is 0 Å². The van der Waals surface area contributed by atoms with Crippen molar-refractivity contribution in [3.05, 3.63) is 17.7 Å². The maximum atomic E-state index is 11.9. The quantitative estimate of drug-likeness (QED) is 0.794. The second-order valence-corrected chi connectivity index (χ2v) is 4.06. The molecule has 0 aliphatic carbocycles. The fourth-order valence-electron chi connectivity index (χ4n) is 1.80. The van der Waals surface area contributed by atoms with Crippen LogP contribution in [0.4, 0.5) is 5.69 Å². The van der Waals surface area contributed by atoms with E-state index in [-0.39, 0.29) is 24.0 Å². The van der Waals surface area contributed by atoms with Crippen LogP contribution >= 0.6 is 0 Å². The van der Waals surface area contributed by atoms with Crippen molar-refractivity contribution in [1.82, 2.24) is 4.90 Å². The van der Waals surface area contributed by atoms with Crippen LogP contribution in [0, 0.1) is 11.3 Å². The number of nitrogens with two attached hydrogens (primary N) is 1. The Hall–Kier alpha value is -2.42. The van der Waals surface area contributed by atoms with Gasteiger partial charge in [0.1, 0.15) is 0 Å². The molecule has 0 heterocycles. The van der Waals surface area contributed by atoms with Crippen LogP contribution in [-0.4, -0.2) is 37.6 Å². The van der Waals surface area contributed by atoms with Gasteiger partial charge in [0.15, 0.2) is 18.1 Å². The zero-order chi connectivity index (χ0) is 15.1. The lowest BCUT2D eigenvalue weighted by atomic mass is 10.2. The summed E-state index contributed by atoms with van der Waals surface area (Å²) < 4.78 is 10.6. The number of likely N-dealkylation sites (N-methyl/N-ethyl adjacent to an activating group) is 1. The highest BCUT2D eigenvalue weighted by molar-refractivity contribution is 5.78. The van der Waals surface area contributed by atoms with Crippen molar-refractivity contribution in [2.45, 2.75) is 13.8 Å². The van der Waals surface area contributed by atoms with Crippen LogP contribution in [0.25, 0.3) is 0 Å². The molecule has 0 aliphatic heterocycles. The second-order valence-electron chi connectivity index (χ2n) is 4.06. The van der Waals surface area contributed by atoms with Crippen LogP contribution in [-0.2, 0) is 4.79 Å². The molecule has 0 bridgehead atoms. The summed E-state index contributed by atoms with van der Waals surface area (Å²) in [5, 5.41) is 8.86. The number of rotatable bonds is 6. The van der Waals surface area contributed by atoms with E-state index >= 15 is 0 Å². The summed E-state index contributed by atoms with van der Waals surface area (Å²) in [6.07, 6.45) is 0. The highest BCUT2D eigenvalue weighted by Gasteiger charge is 2.15. The summed E-state index contributed by atoms with van der Waals surface area (Å²) in [6, 6.07) is 4.99. The molecule has 0 spiro atoms. The molecule has 1 amide bonds. The van der Waals surface area contributed by atoms with Crippen LogP contribution in [0.3, 0.4) is 0 Å². The summed E-state index contributed by atoms with van der Waals surface area (Å²) in [7, 11) is 1.45. The number of hydrogen-bond donors (Lipinski definition) is 1.